The first-order valence-corrected chi connectivity index (χ1v) is 8.03. The first-order chi connectivity index (χ1) is 9.65. The lowest BCUT2D eigenvalue weighted by Gasteiger charge is -2.12. The summed E-state index contributed by atoms with van der Waals surface area (Å²) < 4.78 is 6.93. The molecule has 2 aromatic rings. The van der Waals surface area contributed by atoms with E-state index in [4.69, 9.17) is 4.74 Å². The molecule has 2 nitrogen and oxygen atoms in total. The summed E-state index contributed by atoms with van der Waals surface area (Å²) in [4.78, 5) is 0.960. The lowest BCUT2D eigenvalue weighted by Crippen LogP contribution is -1.92. The van der Waals surface area contributed by atoms with Gasteiger partial charge in [-0.2, -0.15) is 5.26 Å². The van der Waals surface area contributed by atoms with Crippen LogP contribution in [0.15, 0.2) is 45.8 Å². The Morgan fingerprint density at radius 3 is 2.70 bits per heavy atom. The van der Waals surface area contributed by atoms with Gasteiger partial charge in [0, 0.05) is 9.37 Å². The van der Waals surface area contributed by atoms with E-state index in [1.807, 2.05) is 43.3 Å². The number of nitrogens with zero attached hydrogens (tertiary/aromatic N) is 1. The Labute approximate surface area is 131 Å². The first-order valence-electron chi connectivity index (χ1n) is 6.25. The van der Waals surface area contributed by atoms with Gasteiger partial charge in [0.05, 0.1) is 0 Å². The summed E-state index contributed by atoms with van der Waals surface area (Å²) >= 11 is 5.08. The van der Waals surface area contributed by atoms with E-state index >= 15 is 0 Å². The van der Waals surface area contributed by atoms with E-state index in [2.05, 4.69) is 28.9 Å². The molecule has 0 atom stereocenters. The van der Waals surface area contributed by atoms with Crippen LogP contribution in [0.1, 0.15) is 18.1 Å². The first kappa shape index (κ1) is 15.0. The zero-order valence-corrected chi connectivity index (χ0v) is 13.7. The molecule has 0 fully saturated rings. The van der Waals surface area contributed by atoms with Gasteiger partial charge in [0.1, 0.15) is 23.1 Å². The van der Waals surface area contributed by atoms with Crippen LogP contribution in [0.2, 0.25) is 0 Å². The van der Waals surface area contributed by atoms with Crippen LogP contribution in [0.25, 0.3) is 0 Å². The predicted molar refractivity (Wildman–Crippen MR) is 86.5 cm³/mol. The maximum atomic E-state index is 9.37. The van der Waals surface area contributed by atoms with Gasteiger partial charge in [-0.25, -0.2) is 0 Å². The molecule has 0 saturated carbocycles. The van der Waals surface area contributed by atoms with E-state index in [1.54, 1.807) is 11.8 Å². The average molecular weight is 348 g/mol. The maximum absolute atomic E-state index is 9.37. The molecule has 0 aliphatic rings. The van der Waals surface area contributed by atoms with Crippen LogP contribution in [-0.2, 0) is 0 Å². The molecular formula is C16H14BrNOS. The summed E-state index contributed by atoms with van der Waals surface area (Å²) in [5.41, 5.74) is 1.62. The van der Waals surface area contributed by atoms with Gasteiger partial charge in [-0.05, 0) is 48.6 Å². The molecule has 2 aromatic carbocycles. The molecule has 102 valence electrons. The van der Waals surface area contributed by atoms with Crippen LogP contribution in [-0.4, -0.2) is 5.75 Å². The zero-order valence-electron chi connectivity index (χ0n) is 11.3. The van der Waals surface area contributed by atoms with Gasteiger partial charge in [0.25, 0.3) is 0 Å². The third-order valence-electron chi connectivity index (χ3n) is 2.76. The molecule has 0 unspecified atom stereocenters. The number of thioether (sulfide) groups is 1. The van der Waals surface area contributed by atoms with Crippen LogP contribution < -0.4 is 4.74 Å². The highest BCUT2D eigenvalue weighted by atomic mass is 79.9. The average Bonchev–Trinajstić information content (AvgIpc) is 2.42. The molecule has 0 N–H and O–H groups in total. The van der Waals surface area contributed by atoms with E-state index in [9.17, 15) is 5.26 Å². The SMILES string of the molecule is CCSc1cccc(Oc2ccc(Br)cc2C)c1C#N. The van der Waals surface area contributed by atoms with Gasteiger partial charge in [0.2, 0.25) is 0 Å². The highest BCUT2D eigenvalue weighted by Crippen LogP contribution is 2.34. The predicted octanol–water partition coefficient (Wildman–Crippen LogP) is 5.53. The third-order valence-corrected chi connectivity index (χ3v) is 4.19. The van der Waals surface area contributed by atoms with Crippen LogP contribution in [0.5, 0.6) is 11.5 Å². The van der Waals surface area contributed by atoms with E-state index in [0.717, 1.165) is 26.4 Å². The van der Waals surface area contributed by atoms with Crippen molar-refractivity contribution in [2.75, 3.05) is 5.75 Å². The molecule has 0 saturated heterocycles. The second-order valence-corrected chi connectivity index (χ2v) is 6.41. The van der Waals surface area contributed by atoms with Gasteiger partial charge in [-0.15, -0.1) is 11.8 Å². The topological polar surface area (TPSA) is 33.0 Å². The van der Waals surface area contributed by atoms with Crippen molar-refractivity contribution < 1.29 is 4.74 Å². The highest BCUT2D eigenvalue weighted by molar-refractivity contribution is 9.10. The number of rotatable bonds is 4. The Hall–Kier alpha value is -1.44. The van der Waals surface area contributed by atoms with Crippen LogP contribution in [0, 0.1) is 18.3 Å². The maximum Gasteiger partial charge on any atom is 0.146 e. The molecule has 20 heavy (non-hydrogen) atoms. The van der Waals surface area contributed by atoms with Crippen molar-refractivity contribution in [2.24, 2.45) is 0 Å². The molecule has 0 aliphatic carbocycles. The molecule has 2 rings (SSSR count). The highest BCUT2D eigenvalue weighted by Gasteiger charge is 2.11. The van der Waals surface area contributed by atoms with Gasteiger partial charge in [-0.3, -0.25) is 0 Å². The number of nitriles is 1. The lowest BCUT2D eigenvalue weighted by molar-refractivity contribution is 0.475. The summed E-state index contributed by atoms with van der Waals surface area (Å²) in [6, 6.07) is 13.8. The van der Waals surface area contributed by atoms with E-state index in [1.165, 1.54) is 0 Å². The van der Waals surface area contributed by atoms with E-state index in [0.29, 0.717) is 11.3 Å². The van der Waals surface area contributed by atoms with Crippen molar-refractivity contribution in [1.29, 1.82) is 5.26 Å². The van der Waals surface area contributed by atoms with Crippen LogP contribution in [0.3, 0.4) is 0 Å². The number of ether oxygens (including phenoxy) is 1. The van der Waals surface area contributed by atoms with E-state index < -0.39 is 0 Å². The minimum Gasteiger partial charge on any atom is -0.456 e. The Kier molecular flexibility index (Phi) is 5.11. The second kappa shape index (κ2) is 6.83. The van der Waals surface area contributed by atoms with Crippen LogP contribution >= 0.6 is 27.7 Å². The Morgan fingerprint density at radius 2 is 2.05 bits per heavy atom. The quantitative estimate of drug-likeness (QED) is 0.681. The fourth-order valence-corrected chi connectivity index (χ4v) is 3.08. The minimum absolute atomic E-state index is 0.599. The molecular weight excluding hydrogens is 334 g/mol. The number of hydrogen-bond acceptors (Lipinski definition) is 3. The molecule has 0 amide bonds. The summed E-state index contributed by atoms with van der Waals surface area (Å²) in [6.07, 6.45) is 0. The fourth-order valence-electron chi connectivity index (χ4n) is 1.83. The van der Waals surface area contributed by atoms with Crippen molar-refractivity contribution in [3.8, 4) is 17.6 Å². The third kappa shape index (κ3) is 3.36. The summed E-state index contributed by atoms with van der Waals surface area (Å²) in [6.45, 7) is 4.05. The zero-order chi connectivity index (χ0) is 14.5. The number of hydrogen-bond donors (Lipinski definition) is 0. The monoisotopic (exact) mass is 347 g/mol. The minimum atomic E-state index is 0.599. The largest absolute Gasteiger partial charge is 0.456 e. The van der Waals surface area contributed by atoms with E-state index in [-0.39, 0.29) is 0 Å². The molecule has 0 radical (unpaired) electrons. The number of benzene rings is 2. The number of halogens is 1. The molecule has 0 bridgehead atoms. The summed E-state index contributed by atoms with van der Waals surface area (Å²) in [7, 11) is 0. The Morgan fingerprint density at radius 1 is 1.25 bits per heavy atom. The lowest BCUT2D eigenvalue weighted by atomic mass is 10.2. The van der Waals surface area contributed by atoms with Gasteiger partial charge in [-0.1, -0.05) is 28.9 Å². The van der Waals surface area contributed by atoms with Crippen molar-refractivity contribution in [2.45, 2.75) is 18.7 Å². The standard InChI is InChI=1S/C16H14BrNOS/c1-3-20-16-6-4-5-15(13(16)10-18)19-14-8-7-12(17)9-11(14)2/h4-9H,3H2,1-2H3. The molecule has 0 aromatic heterocycles. The van der Waals surface area contributed by atoms with Gasteiger partial charge < -0.3 is 4.74 Å². The van der Waals surface area contributed by atoms with Gasteiger partial charge >= 0.3 is 0 Å². The molecule has 0 heterocycles. The smallest absolute Gasteiger partial charge is 0.146 e. The van der Waals surface area contributed by atoms with Crippen molar-refractivity contribution in [1.82, 2.24) is 0 Å². The summed E-state index contributed by atoms with van der Waals surface area (Å²) in [5.74, 6) is 2.30. The Balaban J connectivity index is 2.38. The molecule has 0 aliphatic heterocycles. The second-order valence-electron chi connectivity index (χ2n) is 4.19. The van der Waals surface area contributed by atoms with Crippen molar-refractivity contribution in [3.05, 3.63) is 52.0 Å². The molecule has 4 heteroatoms. The van der Waals surface area contributed by atoms with Crippen molar-refractivity contribution >= 4 is 27.7 Å². The molecule has 0 spiro atoms. The van der Waals surface area contributed by atoms with Crippen molar-refractivity contribution in [3.63, 3.8) is 0 Å². The summed E-state index contributed by atoms with van der Waals surface area (Å²) in [5, 5.41) is 9.37. The van der Waals surface area contributed by atoms with Gasteiger partial charge in [0.15, 0.2) is 0 Å². The number of aryl methyl sites for hydroxylation is 1. The Bertz CT molecular complexity index is 664. The normalized spacial score (nSPS) is 10.1. The van der Waals surface area contributed by atoms with Crippen LogP contribution in [0.4, 0.5) is 0 Å². The fraction of sp³-hybridized carbons (Fsp3) is 0.188.